The van der Waals surface area contributed by atoms with E-state index in [1.807, 2.05) is 0 Å². The van der Waals surface area contributed by atoms with Crippen LogP contribution in [-0.4, -0.2) is 0 Å². The van der Waals surface area contributed by atoms with Crippen molar-refractivity contribution in [3.8, 4) is 44.5 Å². The van der Waals surface area contributed by atoms with Gasteiger partial charge in [0.1, 0.15) is 0 Å². The summed E-state index contributed by atoms with van der Waals surface area (Å²) in [6, 6.07) is 73.4. The molecule has 54 heavy (non-hydrogen) atoms. The minimum Gasteiger partial charge on any atom is -0.310 e. The van der Waals surface area contributed by atoms with E-state index < -0.39 is 0 Å². The van der Waals surface area contributed by atoms with Gasteiger partial charge in [0, 0.05) is 22.4 Å². The predicted octanol–water partition coefficient (Wildman–Crippen LogP) is 14.8. The van der Waals surface area contributed by atoms with Gasteiger partial charge in [0.05, 0.1) is 5.69 Å². The summed E-state index contributed by atoms with van der Waals surface area (Å²) in [6.07, 6.45) is 0. The van der Waals surface area contributed by atoms with Crippen LogP contribution in [0.15, 0.2) is 200 Å². The van der Waals surface area contributed by atoms with E-state index in [4.69, 9.17) is 0 Å². The summed E-state index contributed by atoms with van der Waals surface area (Å²) in [4.78, 5) is 2.47. The highest BCUT2D eigenvalue weighted by atomic mass is 15.1. The van der Waals surface area contributed by atoms with Crippen molar-refractivity contribution in [3.63, 3.8) is 0 Å². The molecule has 10 rings (SSSR count). The van der Waals surface area contributed by atoms with Gasteiger partial charge in [0.15, 0.2) is 0 Å². The molecule has 0 saturated carbocycles. The van der Waals surface area contributed by atoms with E-state index >= 15 is 0 Å². The highest BCUT2D eigenvalue weighted by Crippen LogP contribution is 2.54. The molecule has 9 aromatic carbocycles. The molecule has 0 atom stereocenters. The van der Waals surface area contributed by atoms with Crippen LogP contribution in [0.5, 0.6) is 0 Å². The van der Waals surface area contributed by atoms with Crippen LogP contribution in [0.3, 0.4) is 0 Å². The number of nitrogens with zero attached hydrogens (tertiary/aromatic N) is 1. The van der Waals surface area contributed by atoms with E-state index in [2.05, 4.69) is 219 Å². The molecule has 0 bridgehead atoms. The number of hydrogen-bond donors (Lipinski definition) is 0. The first-order valence-electron chi connectivity index (χ1n) is 18.8. The minimum atomic E-state index is -0.178. The van der Waals surface area contributed by atoms with Crippen LogP contribution in [0.25, 0.3) is 66.1 Å². The lowest BCUT2D eigenvalue weighted by molar-refractivity contribution is 0.660. The molecule has 0 unspecified atom stereocenters. The smallest absolute Gasteiger partial charge is 0.0540 e. The second kappa shape index (κ2) is 12.8. The molecule has 0 heterocycles. The molecular weight excluding hydrogens is 651 g/mol. The van der Waals surface area contributed by atoms with Gasteiger partial charge >= 0.3 is 0 Å². The molecule has 0 radical (unpaired) electrons. The second-order valence-corrected chi connectivity index (χ2v) is 14.9. The summed E-state index contributed by atoms with van der Waals surface area (Å²) in [7, 11) is 0. The molecule has 1 heteroatoms. The van der Waals surface area contributed by atoms with Crippen molar-refractivity contribution in [3.05, 3.63) is 211 Å². The monoisotopic (exact) mass is 689 g/mol. The zero-order valence-corrected chi connectivity index (χ0v) is 30.5. The maximum absolute atomic E-state index is 2.47. The highest BCUT2D eigenvalue weighted by molar-refractivity contribution is 6.02. The van der Waals surface area contributed by atoms with Crippen molar-refractivity contribution in [2.24, 2.45) is 0 Å². The first kappa shape index (κ1) is 32.0. The fraction of sp³-hybridized carbons (Fsp3) is 0.0566. The van der Waals surface area contributed by atoms with Crippen LogP contribution in [0, 0.1) is 0 Å². The van der Waals surface area contributed by atoms with E-state index in [9.17, 15) is 0 Å². The Kier molecular flexibility index (Phi) is 7.56. The second-order valence-electron chi connectivity index (χ2n) is 14.9. The van der Waals surface area contributed by atoms with Crippen molar-refractivity contribution < 1.29 is 0 Å². The Morgan fingerprint density at radius 1 is 0.352 bits per heavy atom. The van der Waals surface area contributed by atoms with Crippen LogP contribution in [0.4, 0.5) is 17.1 Å². The number of hydrogen-bond acceptors (Lipinski definition) is 1. The third kappa shape index (κ3) is 5.24. The standard InChI is InChI=1S/C53H39N/c1-53(2)49-26-15-25-46(37-17-5-3-6-18-37)52(49)47-31-30-43(35-50(47)53)54(42-29-28-36-16-9-10-21-39(36)33-42)51-27-14-13-24-45(51)41-32-40-22-11-12-23-44(40)48(34-41)38-19-7-4-8-20-38/h3-35H,1-2H3. The Balaban J connectivity index is 1.20. The third-order valence-electron chi connectivity index (χ3n) is 11.4. The summed E-state index contributed by atoms with van der Waals surface area (Å²) >= 11 is 0. The van der Waals surface area contributed by atoms with Crippen LogP contribution in [-0.2, 0) is 5.41 Å². The Bertz CT molecular complexity index is 2850. The highest BCUT2D eigenvalue weighted by Gasteiger charge is 2.37. The fourth-order valence-electron chi connectivity index (χ4n) is 8.75. The van der Waals surface area contributed by atoms with E-state index in [1.165, 1.54) is 77.2 Å². The van der Waals surface area contributed by atoms with Crippen molar-refractivity contribution in [2.75, 3.05) is 4.90 Å². The van der Waals surface area contributed by atoms with Crippen molar-refractivity contribution in [1.82, 2.24) is 0 Å². The van der Waals surface area contributed by atoms with E-state index in [-0.39, 0.29) is 5.41 Å². The summed E-state index contributed by atoms with van der Waals surface area (Å²) in [5.74, 6) is 0. The number of rotatable bonds is 6. The summed E-state index contributed by atoms with van der Waals surface area (Å²) in [6.45, 7) is 4.76. The number of fused-ring (bicyclic) bond motifs is 5. The molecule has 1 aliphatic rings. The molecule has 0 aromatic heterocycles. The van der Waals surface area contributed by atoms with Gasteiger partial charge in [-0.05, 0) is 114 Å². The fourth-order valence-corrected chi connectivity index (χ4v) is 8.75. The largest absolute Gasteiger partial charge is 0.310 e. The van der Waals surface area contributed by atoms with Gasteiger partial charge in [0.25, 0.3) is 0 Å². The Morgan fingerprint density at radius 2 is 0.963 bits per heavy atom. The van der Waals surface area contributed by atoms with Gasteiger partial charge < -0.3 is 4.90 Å². The van der Waals surface area contributed by atoms with Crippen molar-refractivity contribution in [1.29, 1.82) is 0 Å². The lowest BCUT2D eigenvalue weighted by Crippen LogP contribution is -2.17. The normalized spacial score (nSPS) is 12.8. The Morgan fingerprint density at radius 3 is 1.76 bits per heavy atom. The van der Waals surface area contributed by atoms with Crippen molar-refractivity contribution >= 4 is 38.6 Å². The molecule has 1 nitrogen and oxygen atoms in total. The zero-order chi connectivity index (χ0) is 36.2. The summed E-state index contributed by atoms with van der Waals surface area (Å²) in [5, 5.41) is 4.94. The van der Waals surface area contributed by atoms with Crippen LogP contribution >= 0.6 is 0 Å². The Labute approximate surface area is 317 Å². The van der Waals surface area contributed by atoms with E-state index in [0.29, 0.717) is 0 Å². The van der Waals surface area contributed by atoms with Gasteiger partial charge in [-0.15, -0.1) is 0 Å². The van der Waals surface area contributed by atoms with Crippen LogP contribution in [0.1, 0.15) is 25.0 Å². The minimum absolute atomic E-state index is 0.178. The SMILES string of the molecule is CC1(C)c2cc(N(c3ccc4ccccc4c3)c3ccccc3-c3cc(-c4ccccc4)c4ccccc4c3)ccc2-c2c(-c3ccccc3)cccc21. The lowest BCUT2D eigenvalue weighted by Gasteiger charge is -2.30. The number of para-hydroxylation sites is 1. The summed E-state index contributed by atoms with van der Waals surface area (Å²) in [5.41, 5.74) is 16.0. The molecule has 0 saturated heterocycles. The Hall–Kier alpha value is -6.70. The molecule has 0 N–H and O–H groups in total. The average molecular weight is 690 g/mol. The van der Waals surface area contributed by atoms with Crippen molar-refractivity contribution in [2.45, 2.75) is 19.3 Å². The zero-order valence-electron chi connectivity index (χ0n) is 30.5. The van der Waals surface area contributed by atoms with E-state index in [0.717, 1.165) is 17.1 Å². The van der Waals surface area contributed by atoms with Gasteiger partial charge in [-0.3, -0.25) is 0 Å². The van der Waals surface area contributed by atoms with Gasteiger partial charge in [-0.1, -0.05) is 172 Å². The van der Waals surface area contributed by atoms with Gasteiger partial charge in [-0.2, -0.15) is 0 Å². The first-order chi connectivity index (χ1) is 26.5. The summed E-state index contributed by atoms with van der Waals surface area (Å²) < 4.78 is 0. The maximum atomic E-state index is 2.47. The average Bonchev–Trinajstić information content (AvgIpc) is 3.46. The number of benzene rings is 9. The molecule has 1 aliphatic carbocycles. The van der Waals surface area contributed by atoms with Crippen LogP contribution in [0.2, 0.25) is 0 Å². The molecule has 256 valence electrons. The predicted molar refractivity (Wildman–Crippen MR) is 230 cm³/mol. The van der Waals surface area contributed by atoms with Gasteiger partial charge in [-0.25, -0.2) is 0 Å². The molecule has 0 spiro atoms. The van der Waals surface area contributed by atoms with Crippen LogP contribution < -0.4 is 4.90 Å². The number of anilines is 3. The molecule has 0 fully saturated rings. The van der Waals surface area contributed by atoms with Gasteiger partial charge in [0.2, 0.25) is 0 Å². The molecular formula is C53H39N. The molecule has 0 aliphatic heterocycles. The lowest BCUT2D eigenvalue weighted by atomic mass is 9.81. The molecule has 0 amide bonds. The quantitative estimate of drug-likeness (QED) is 0.168. The molecule has 9 aromatic rings. The first-order valence-corrected chi connectivity index (χ1v) is 18.8. The maximum Gasteiger partial charge on any atom is 0.0540 e. The third-order valence-corrected chi connectivity index (χ3v) is 11.4. The van der Waals surface area contributed by atoms with E-state index in [1.54, 1.807) is 0 Å². The topological polar surface area (TPSA) is 3.24 Å².